The molecular weight excluding hydrogens is 348 g/mol. The van der Waals surface area contributed by atoms with Gasteiger partial charge in [0.1, 0.15) is 0 Å². The quantitative estimate of drug-likeness (QED) is 0.377. The number of aromatic nitrogens is 2. The number of rotatable bonds is 8. The second-order valence-electron chi connectivity index (χ2n) is 6.83. The van der Waals surface area contributed by atoms with Crippen LogP contribution in [0.25, 0.3) is 11.3 Å². The van der Waals surface area contributed by atoms with Gasteiger partial charge in [-0.2, -0.15) is 0 Å². The molecule has 4 nitrogen and oxygen atoms in total. The highest BCUT2D eigenvalue weighted by Crippen LogP contribution is 2.19. The molecule has 0 aliphatic carbocycles. The van der Waals surface area contributed by atoms with E-state index in [1.54, 1.807) is 18.3 Å². The molecule has 0 N–H and O–H groups in total. The van der Waals surface area contributed by atoms with Crippen molar-refractivity contribution in [3.8, 4) is 17.1 Å². The molecule has 0 saturated carbocycles. The minimum Gasteiger partial charge on any atom is -0.402 e. The molecule has 0 fully saturated rings. The lowest BCUT2D eigenvalue weighted by Crippen LogP contribution is -2.09. The first-order valence-electron chi connectivity index (χ1n) is 9.92. The molecule has 1 aromatic heterocycles. The number of carbonyl (C=O) groups is 1. The fourth-order valence-electron chi connectivity index (χ4n) is 2.97. The molecule has 0 atom stereocenters. The predicted octanol–water partition coefficient (Wildman–Crippen LogP) is 5.66. The maximum Gasteiger partial charge on any atom is 0.344 e. The Kier molecular flexibility index (Phi) is 6.90. The summed E-state index contributed by atoms with van der Waals surface area (Å²) in [5, 5.41) is 0. The number of aryl methyl sites for hydroxylation is 2. The predicted molar refractivity (Wildman–Crippen MR) is 111 cm³/mol. The van der Waals surface area contributed by atoms with E-state index in [2.05, 4.69) is 48.1 Å². The van der Waals surface area contributed by atoms with Crippen molar-refractivity contribution in [2.45, 2.75) is 46.0 Å². The summed E-state index contributed by atoms with van der Waals surface area (Å²) in [7, 11) is 0. The topological polar surface area (TPSA) is 52.1 Å². The Morgan fingerprint density at radius 1 is 0.857 bits per heavy atom. The van der Waals surface area contributed by atoms with Crippen LogP contribution in [-0.4, -0.2) is 15.9 Å². The van der Waals surface area contributed by atoms with Gasteiger partial charge in [-0.25, -0.2) is 14.8 Å². The fraction of sp³-hybridized carbons (Fsp3) is 0.292. The van der Waals surface area contributed by atoms with Crippen molar-refractivity contribution < 1.29 is 9.53 Å². The summed E-state index contributed by atoms with van der Waals surface area (Å²) in [5.74, 6) is -0.231. The van der Waals surface area contributed by atoms with E-state index in [9.17, 15) is 4.79 Å². The third-order valence-electron chi connectivity index (χ3n) is 4.74. The molecule has 3 aromatic rings. The second kappa shape index (κ2) is 9.79. The van der Waals surface area contributed by atoms with Crippen LogP contribution in [0.2, 0.25) is 0 Å². The maximum absolute atomic E-state index is 12.2. The number of benzene rings is 2. The number of unbranched alkanes of at least 4 members (excludes halogenated alkanes) is 2. The van der Waals surface area contributed by atoms with Crippen molar-refractivity contribution >= 4 is 5.97 Å². The minimum atomic E-state index is -0.430. The van der Waals surface area contributed by atoms with Crippen molar-refractivity contribution in [2.24, 2.45) is 0 Å². The van der Waals surface area contributed by atoms with Crippen molar-refractivity contribution in [1.82, 2.24) is 9.97 Å². The molecule has 0 aliphatic rings. The minimum absolute atomic E-state index is 0.199. The van der Waals surface area contributed by atoms with Gasteiger partial charge in [0.05, 0.1) is 23.7 Å². The average molecular weight is 374 g/mol. The number of carbonyl (C=O) groups excluding carboxylic acids is 1. The standard InChI is InChI=1S/C24H26N2O2/c1-3-5-6-7-19-10-12-20(13-11-19)22-16-26-23(17-25-22)28-24(27)21-14-8-18(4-2)9-15-21/h8-17H,3-7H2,1-2H3. The lowest BCUT2D eigenvalue weighted by molar-refractivity contribution is 0.0727. The number of nitrogens with zero attached hydrogens (tertiary/aromatic N) is 2. The molecule has 28 heavy (non-hydrogen) atoms. The molecule has 144 valence electrons. The average Bonchev–Trinajstić information content (AvgIpc) is 2.75. The summed E-state index contributed by atoms with van der Waals surface area (Å²) in [6.07, 6.45) is 8.87. The van der Waals surface area contributed by atoms with E-state index in [0.717, 1.165) is 24.1 Å². The molecule has 3 rings (SSSR count). The molecule has 0 bridgehead atoms. The molecule has 0 unspecified atom stereocenters. The van der Waals surface area contributed by atoms with Gasteiger partial charge in [-0.1, -0.05) is 63.1 Å². The molecule has 0 amide bonds. The highest BCUT2D eigenvalue weighted by molar-refractivity contribution is 5.90. The van der Waals surface area contributed by atoms with E-state index in [0.29, 0.717) is 5.56 Å². The van der Waals surface area contributed by atoms with Gasteiger partial charge in [0.2, 0.25) is 5.88 Å². The number of esters is 1. The van der Waals surface area contributed by atoms with Gasteiger partial charge >= 0.3 is 5.97 Å². The first kappa shape index (κ1) is 19.7. The Hall–Kier alpha value is -3.01. The molecule has 0 aliphatic heterocycles. The van der Waals surface area contributed by atoms with Crippen LogP contribution in [-0.2, 0) is 12.8 Å². The van der Waals surface area contributed by atoms with E-state index < -0.39 is 5.97 Å². The van der Waals surface area contributed by atoms with Crippen LogP contribution in [0, 0.1) is 0 Å². The summed E-state index contributed by atoms with van der Waals surface area (Å²) >= 11 is 0. The van der Waals surface area contributed by atoms with Gasteiger partial charge in [-0.3, -0.25) is 0 Å². The number of hydrogen-bond donors (Lipinski definition) is 0. The van der Waals surface area contributed by atoms with E-state index >= 15 is 0 Å². The van der Waals surface area contributed by atoms with Crippen molar-refractivity contribution in [3.05, 3.63) is 77.6 Å². The van der Waals surface area contributed by atoms with E-state index in [4.69, 9.17) is 4.74 Å². The summed E-state index contributed by atoms with van der Waals surface area (Å²) in [5.41, 5.74) is 4.77. The van der Waals surface area contributed by atoms with Crippen LogP contribution in [0.1, 0.15) is 54.6 Å². The maximum atomic E-state index is 12.2. The second-order valence-corrected chi connectivity index (χ2v) is 6.83. The Morgan fingerprint density at radius 3 is 2.18 bits per heavy atom. The van der Waals surface area contributed by atoms with Gasteiger partial charge < -0.3 is 4.74 Å². The summed E-state index contributed by atoms with van der Waals surface area (Å²) in [4.78, 5) is 20.8. The Balaban J connectivity index is 1.61. The smallest absolute Gasteiger partial charge is 0.344 e. The van der Waals surface area contributed by atoms with Crippen LogP contribution in [0.15, 0.2) is 60.9 Å². The van der Waals surface area contributed by atoms with Crippen LogP contribution >= 0.6 is 0 Å². The first-order chi connectivity index (χ1) is 13.7. The van der Waals surface area contributed by atoms with Crippen molar-refractivity contribution in [3.63, 3.8) is 0 Å². The zero-order valence-electron chi connectivity index (χ0n) is 16.5. The number of hydrogen-bond acceptors (Lipinski definition) is 4. The third-order valence-corrected chi connectivity index (χ3v) is 4.74. The normalized spacial score (nSPS) is 10.6. The Morgan fingerprint density at radius 2 is 1.57 bits per heavy atom. The summed E-state index contributed by atoms with van der Waals surface area (Å²) < 4.78 is 5.33. The Bertz CT molecular complexity index is 885. The lowest BCUT2D eigenvalue weighted by atomic mass is 10.0. The van der Waals surface area contributed by atoms with Gasteiger partial charge in [-0.05, 0) is 42.5 Å². The monoisotopic (exact) mass is 374 g/mol. The fourth-order valence-corrected chi connectivity index (χ4v) is 2.97. The van der Waals surface area contributed by atoms with E-state index in [1.807, 2.05) is 12.1 Å². The molecule has 4 heteroatoms. The van der Waals surface area contributed by atoms with Gasteiger partial charge in [0, 0.05) is 5.56 Å². The summed E-state index contributed by atoms with van der Waals surface area (Å²) in [6.45, 7) is 4.29. The Labute approximate surface area is 166 Å². The molecule has 2 aromatic carbocycles. The van der Waals surface area contributed by atoms with Crippen LogP contribution in [0.5, 0.6) is 5.88 Å². The number of ether oxygens (including phenoxy) is 1. The largest absolute Gasteiger partial charge is 0.402 e. The highest BCUT2D eigenvalue weighted by atomic mass is 16.5. The molecular formula is C24H26N2O2. The molecule has 0 radical (unpaired) electrons. The van der Waals surface area contributed by atoms with Crippen LogP contribution in [0.3, 0.4) is 0 Å². The van der Waals surface area contributed by atoms with Gasteiger partial charge in [0.25, 0.3) is 0 Å². The lowest BCUT2D eigenvalue weighted by Gasteiger charge is -2.06. The van der Waals surface area contributed by atoms with Crippen molar-refractivity contribution in [2.75, 3.05) is 0 Å². The SMILES string of the molecule is CCCCCc1ccc(-c2cnc(OC(=O)c3ccc(CC)cc3)cn2)cc1. The highest BCUT2D eigenvalue weighted by Gasteiger charge is 2.10. The molecule has 0 spiro atoms. The van der Waals surface area contributed by atoms with E-state index in [-0.39, 0.29) is 5.88 Å². The van der Waals surface area contributed by atoms with E-state index in [1.165, 1.54) is 36.6 Å². The third kappa shape index (κ3) is 5.26. The zero-order valence-corrected chi connectivity index (χ0v) is 16.5. The first-order valence-corrected chi connectivity index (χ1v) is 9.92. The zero-order chi connectivity index (χ0) is 19.8. The molecule has 0 saturated heterocycles. The van der Waals surface area contributed by atoms with Crippen molar-refractivity contribution in [1.29, 1.82) is 0 Å². The van der Waals surface area contributed by atoms with Gasteiger partial charge in [-0.15, -0.1) is 0 Å². The van der Waals surface area contributed by atoms with Crippen LogP contribution < -0.4 is 4.74 Å². The van der Waals surface area contributed by atoms with Gasteiger partial charge in [0.15, 0.2) is 0 Å². The summed E-state index contributed by atoms with van der Waals surface area (Å²) in [6, 6.07) is 15.8. The van der Waals surface area contributed by atoms with Crippen LogP contribution in [0.4, 0.5) is 0 Å². The molecule has 1 heterocycles.